The number of carbonyl (C=O) groups excluding carboxylic acids is 2. The second-order valence-electron chi connectivity index (χ2n) is 9.41. The molecule has 3 aliphatic rings. The van der Waals surface area contributed by atoms with Crippen molar-refractivity contribution in [3.8, 4) is 0 Å². The predicted octanol–water partition coefficient (Wildman–Crippen LogP) is 5.19. The highest BCUT2D eigenvalue weighted by molar-refractivity contribution is 5.79. The third-order valence-electron chi connectivity index (χ3n) is 8.16. The lowest BCUT2D eigenvalue weighted by Crippen LogP contribution is -2.49. The van der Waals surface area contributed by atoms with Gasteiger partial charge >= 0.3 is 0 Å². The van der Waals surface area contributed by atoms with Crippen molar-refractivity contribution in [1.82, 2.24) is 0 Å². The van der Waals surface area contributed by atoms with Gasteiger partial charge in [0.25, 0.3) is 0 Å². The van der Waals surface area contributed by atoms with Crippen molar-refractivity contribution in [3.05, 3.63) is 0 Å². The lowest BCUT2D eigenvalue weighted by molar-refractivity contribution is -0.129. The fraction of sp³-hybridized carbons (Fsp3) is 0.905. The van der Waals surface area contributed by atoms with Crippen molar-refractivity contribution in [2.45, 2.75) is 85.5 Å². The van der Waals surface area contributed by atoms with E-state index in [1.807, 2.05) is 6.92 Å². The zero-order valence-corrected chi connectivity index (χ0v) is 15.5. The molecule has 130 valence electrons. The summed E-state index contributed by atoms with van der Waals surface area (Å²) < 4.78 is 0. The van der Waals surface area contributed by atoms with E-state index in [0.717, 1.165) is 37.0 Å². The van der Waals surface area contributed by atoms with Crippen LogP contribution in [0.3, 0.4) is 0 Å². The summed E-state index contributed by atoms with van der Waals surface area (Å²) in [5.74, 6) is 3.38. The van der Waals surface area contributed by atoms with E-state index in [1.54, 1.807) is 6.92 Å². The van der Waals surface area contributed by atoms with Crippen LogP contribution in [-0.2, 0) is 9.59 Å². The van der Waals surface area contributed by atoms with E-state index in [-0.39, 0.29) is 5.41 Å². The summed E-state index contributed by atoms with van der Waals surface area (Å²) in [6.45, 7) is 8.40. The van der Waals surface area contributed by atoms with Gasteiger partial charge in [-0.2, -0.15) is 0 Å². The minimum Gasteiger partial charge on any atom is -0.300 e. The van der Waals surface area contributed by atoms with Gasteiger partial charge in [-0.05, 0) is 87.4 Å². The SMILES string of the molecule is CC(=O)CC[C@@]1(C)CCC[C@@H]2[C@@H]1CC[C@]1(C)[C@@H](C(C)=O)CC[C@@H]21. The van der Waals surface area contributed by atoms with Gasteiger partial charge in [-0.25, -0.2) is 0 Å². The molecule has 3 aliphatic carbocycles. The van der Waals surface area contributed by atoms with E-state index in [4.69, 9.17) is 0 Å². The van der Waals surface area contributed by atoms with Crippen LogP contribution in [0.1, 0.15) is 85.5 Å². The first-order valence-electron chi connectivity index (χ1n) is 9.78. The van der Waals surface area contributed by atoms with E-state index < -0.39 is 0 Å². The van der Waals surface area contributed by atoms with Gasteiger partial charge in [0, 0.05) is 12.3 Å². The zero-order chi connectivity index (χ0) is 16.8. The van der Waals surface area contributed by atoms with Crippen molar-refractivity contribution in [2.24, 2.45) is 34.5 Å². The van der Waals surface area contributed by atoms with Crippen molar-refractivity contribution >= 4 is 11.6 Å². The Morgan fingerprint density at radius 2 is 1.70 bits per heavy atom. The Balaban J connectivity index is 1.81. The molecule has 2 nitrogen and oxygen atoms in total. The van der Waals surface area contributed by atoms with Crippen LogP contribution in [0.4, 0.5) is 0 Å². The lowest BCUT2D eigenvalue weighted by atomic mass is 9.48. The highest BCUT2D eigenvalue weighted by Gasteiger charge is 2.58. The highest BCUT2D eigenvalue weighted by Crippen LogP contribution is 2.65. The van der Waals surface area contributed by atoms with Gasteiger partial charge in [-0.1, -0.05) is 20.3 Å². The minimum absolute atomic E-state index is 0.256. The molecular weight excluding hydrogens is 284 g/mol. The van der Waals surface area contributed by atoms with Gasteiger partial charge in [0.05, 0.1) is 0 Å². The number of rotatable bonds is 4. The molecule has 2 heteroatoms. The summed E-state index contributed by atoms with van der Waals surface area (Å²) in [6.07, 6.45) is 10.6. The van der Waals surface area contributed by atoms with Crippen LogP contribution >= 0.6 is 0 Å². The minimum atomic E-state index is 0.256. The van der Waals surface area contributed by atoms with Crippen LogP contribution in [0.25, 0.3) is 0 Å². The molecule has 0 saturated heterocycles. The maximum Gasteiger partial charge on any atom is 0.133 e. The lowest BCUT2D eigenvalue weighted by Gasteiger charge is -2.56. The van der Waals surface area contributed by atoms with Crippen LogP contribution < -0.4 is 0 Å². The molecule has 3 rings (SSSR count). The van der Waals surface area contributed by atoms with Gasteiger partial charge in [-0.15, -0.1) is 0 Å². The molecule has 0 unspecified atom stereocenters. The van der Waals surface area contributed by atoms with Crippen molar-refractivity contribution in [2.75, 3.05) is 0 Å². The fourth-order valence-electron chi connectivity index (χ4n) is 6.92. The van der Waals surface area contributed by atoms with Gasteiger partial charge in [-0.3, -0.25) is 4.79 Å². The van der Waals surface area contributed by atoms with Gasteiger partial charge in [0.1, 0.15) is 11.6 Å². The van der Waals surface area contributed by atoms with Gasteiger partial charge in [0.15, 0.2) is 0 Å². The molecule has 0 N–H and O–H groups in total. The Morgan fingerprint density at radius 3 is 2.35 bits per heavy atom. The Kier molecular flexibility index (Phi) is 4.48. The van der Waals surface area contributed by atoms with Crippen molar-refractivity contribution in [1.29, 1.82) is 0 Å². The number of hydrogen-bond donors (Lipinski definition) is 0. The maximum atomic E-state index is 12.1. The number of fused-ring (bicyclic) bond motifs is 3. The Morgan fingerprint density at radius 1 is 0.957 bits per heavy atom. The van der Waals surface area contributed by atoms with E-state index >= 15 is 0 Å². The van der Waals surface area contributed by atoms with Gasteiger partial charge in [0.2, 0.25) is 0 Å². The van der Waals surface area contributed by atoms with E-state index in [0.29, 0.717) is 22.9 Å². The Hall–Kier alpha value is -0.660. The average molecular weight is 319 g/mol. The summed E-state index contributed by atoms with van der Waals surface area (Å²) in [5, 5.41) is 0. The second kappa shape index (κ2) is 6.01. The molecule has 0 amide bonds. The van der Waals surface area contributed by atoms with Crippen LogP contribution in [0.2, 0.25) is 0 Å². The maximum absolute atomic E-state index is 12.1. The summed E-state index contributed by atoms with van der Waals surface area (Å²) in [4.78, 5) is 23.6. The number of carbonyl (C=O) groups is 2. The van der Waals surface area contributed by atoms with E-state index in [1.165, 1.54) is 38.5 Å². The fourth-order valence-corrected chi connectivity index (χ4v) is 6.92. The highest BCUT2D eigenvalue weighted by atomic mass is 16.1. The second-order valence-corrected chi connectivity index (χ2v) is 9.41. The summed E-state index contributed by atoms with van der Waals surface area (Å²) >= 11 is 0. The van der Waals surface area contributed by atoms with E-state index in [9.17, 15) is 9.59 Å². The standard InChI is InChI=1S/C21H34O2/c1-14(22)9-12-20(3)11-5-6-16-18(20)10-13-21(4)17(15(2)23)7-8-19(16)21/h16-19H,5-13H2,1-4H3/t16-,17-,18+,19+,20-,21-/m1/s1. The zero-order valence-electron chi connectivity index (χ0n) is 15.5. The average Bonchev–Trinajstić information content (AvgIpc) is 2.83. The first-order chi connectivity index (χ1) is 10.8. The molecule has 0 aliphatic heterocycles. The third-order valence-corrected chi connectivity index (χ3v) is 8.16. The number of Topliss-reactive ketones (excluding diaryl/α,β-unsaturated/α-hetero) is 2. The van der Waals surface area contributed by atoms with Crippen LogP contribution in [0.15, 0.2) is 0 Å². The van der Waals surface area contributed by atoms with Crippen LogP contribution in [-0.4, -0.2) is 11.6 Å². The monoisotopic (exact) mass is 318 g/mol. The molecule has 0 aromatic rings. The molecule has 3 saturated carbocycles. The molecule has 0 spiro atoms. The first kappa shape index (κ1) is 17.2. The summed E-state index contributed by atoms with van der Waals surface area (Å²) in [6, 6.07) is 0. The van der Waals surface area contributed by atoms with Gasteiger partial charge < -0.3 is 4.79 Å². The topological polar surface area (TPSA) is 34.1 Å². The van der Waals surface area contributed by atoms with Crippen molar-refractivity contribution in [3.63, 3.8) is 0 Å². The summed E-state index contributed by atoms with van der Waals surface area (Å²) in [5.41, 5.74) is 0.607. The first-order valence-corrected chi connectivity index (χ1v) is 9.78. The Bertz CT molecular complexity index is 496. The molecule has 0 aromatic heterocycles. The molecule has 3 fully saturated rings. The van der Waals surface area contributed by atoms with E-state index in [2.05, 4.69) is 13.8 Å². The van der Waals surface area contributed by atoms with Crippen LogP contribution in [0, 0.1) is 34.5 Å². The largest absolute Gasteiger partial charge is 0.300 e. The normalized spacial score (nSPS) is 46.1. The van der Waals surface area contributed by atoms with Crippen molar-refractivity contribution < 1.29 is 9.59 Å². The molecule has 0 bridgehead atoms. The van der Waals surface area contributed by atoms with Crippen LogP contribution in [0.5, 0.6) is 0 Å². The molecule has 0 radical (unpaired) electrons. The molecule has 23 heavy (non-hydrogen) atoms. The molecule has 6 atom stereocenters. The summed E-state index contributed by atoms with van der Waals surface area (Å²) in [7, 11) is 0. The molecular formula is C21H34O2. The smallest absolute Gasteiger partial charge is 0.133 e. The number of ketones is 2. The predicted molar refractivity (Wildman–Crippen MR) is 93.1 cm³/mol. The number of hydrogen-bond acceptors (Lipinski definition) is 2. The quantitative estimate of drug-likeness (QED) is 0.714. The Labute approximate surface area is 141 Å². The molecule has 0 heterocycles. The third kappa shape index (κ3) is 2.81. The molecule has 0 aromatic carbocycles.